The third-order valence-corrected chi connectivity index (χ3v) is 2.16. The van der Waals surface area contributed by atoms with Gasteiger partial charge < -0.3 is 0 Å². The summed E-state index contributed by atoms with van der Waals surface area (Å²) in [5, 5.41) is 0.447. The Labute approximate surface area is 68.4 Å². The van der Waals surface area contributed by atoms with Crippen molar-refractivity contribution < 1.29 is 0 Å². The van der Waals surface area contributed by atoms with Crippen molar-refractivity contribution in [3.05, 3.63) is 23.8 Å². The minimum atomic E-state index is 0.447. The first-order valence-electron chi connectivity index (χ1n) is 3.76. The van der Waals surface area contributed by atoms with Crippen LogP contribution < -0.4 is 0 Å². The summed E-state index contributed by atoms with van der Waals surface area (Å²) >= 11 is 4.34. The van der Waals surface area contributed by atoms with Gasteiger partial charge in [-0.2, -0.15) is 12.6 Å². The molecule has 0 radical (unpaired) electrons. The maximum Gasteiger partial charge on any atom is 0.0234 e. The molecule has 0 aromatic rings. The lowest BCUT2D eigenvalue weighted by atomic mass is 9.97. The lowest BCUT2D eigenvalue weighted by Gasteiger charge is -2.13. The van der Waals surface area contributed by atoms with Gasteiger partial charge in [0.1, 0.15) is 0 Å². The number of hydrogen-bond donors (Lipinski definition) is 1. The fourth-order valence-corrected chi connectivity index (χ4v) is 1.25. The van der Waals surface area contributed by atoms with Crippen molar-refractivity contribution in [2.24, 2.45) is 5.92 Å². The van der Waals surface area contributed by atoms with Gasteiger partial charge in [-0.1, -0.05) is 32.1 Å². The van der Waals surface area contributed by atoms with E-state index < -0.39 is 0 Å². The fourth-order valence-electron chi connectivity index (χ4n) is 1.05. The highest BCUT2D eigenvalue weighted by molar-refractivity contribution is 7.81. The van der Waals surface area contributed by atoms with Crippen molar-refractivity contribution >= 4 is 12.6 Å². The average Bonchev–Trinajstić information content (AvgIpc) is 1.88. The molecule has 0 N–H and O–H groups in total. The lowest BCUT2D eigenvalue weighted by molar-refractivity contribution is 0.775. The summed E-state index contributed by atoms with van der Waals surface area (Å²) in [6, 6.07) is 0. The molecule has 0 nitrogen and oxygen atoms in total. The summed E-state index contributed by atoms with van der Waals surface area (Å²) in [6.45, 7) is 4.43. The van der Waals surface area contributed by atoms with Gasteiger partial charge in [-0.15, -0.1) is 0 Å². The first-order valence-corrected chi connectivity index (χ1v) is 4.28. The molecule has 0 saturated carbocycles. The predicted octanol–water partition coefficient (Wildman–Crippen LogP) is 2.83. The van der Waals surface area contributed by atoms with Crippen LogP contribution >= 0.6 is 12.6 Å². The second kappa shape index (κ2) is 3.29. The summed E-state index contributed by atoms with van der Waals surface area (Å²) in [7, 11) is 0. The van der Waals surface area contributed by atoms with Crippen molar-refractivity contribution in [2.45, 2.75) is 25.5 Å². The number of rotatable bonds is 1. The van der Waals surface area contributed by atoms with Crippen LogP contribution in [0.1, 0.15) is 20.3 Å². The van der Waals surface area contributed by atoms with Crippen LogP contribution in [0, 0.1) is 5.92 Å². The van der Waals surface area contributed by atoms with Crippen molar-refractivity contribution in [3.63, 3.8) is 0 Å². The Morgan fingerprint density at radius 2 is 2.30 bits per heavy atom. The first kappa shape index (κ1) is 7.93. The van der Waals surface area contributed by atoms with Crippen LogP contribution in [0.3, 0.4) is 0 Å². The molecule has 1 atom stereocenters. The van der Waals surface area contributed by atoms with Gasteiger partial charge in [0.15, 0.2) is 0 Å². The van der Waals surface area contributed by atoms with Crippen LogP contribution in [0.5, 0.6) is 0 Å². The van der Waals surface area contributed by atoms with E-state index in [1.165, 1.54) is 5.57 Å². The molecule has 1 aliphatic carbocycles. The van der Waals surface area contributed by atoms with Gasteiger partial charge in [0.25, 0.3) is 0 Å². The third kappa shape index (κ3) is 1.91. The molecule has 56 valence electrons. The third-order valence-electron chi connectivity index (χ3n) is 1.77. The summed E-state index contributed by atoms with van der Waals surface area (Å²) in [6.07, 6.45) is 7.72. The van der Waals surface area contributed by atoms with E-state index in [0.29, 0.717) is 11.2 Å². The molecule has 1 rings (SSSR count). The van der Waals surface area contributed by atoms with E-state index in [4.69, 9.17) is 0 Å². The zero-order chi connectivity index (χ0) is 7.56. The van der Waals surface area contributed by atoms with Crippen LogP contribution in [0.2, 0.25) is 0 Å². The van der Waals surface area contributed by atoms with Crippen LogP contribution in [-0.4, -0.2) is 5.25 Å². The Kier molecular flexibility index (Phi) is 2.61. The SMILES string of the molecule is CC(C)C1=CCC(S)C=C1. The molecule has 10 heavy (non-hydrogen) atoms. The lowest BCUT2D eigenvalue weighted by Crippen LogP contribution is -2.01. The van der Waals surface area contributed by atoms with E-state index in [0.717, 1.165) is 6.42 Å². The highest BCUT2D eigenvalue weighted by atomic mass is 32.1. The van der Waals surface area contributed by atoms with Gasteiger partial charge in [-0.25, -0.2) is 0 Å². The number of thiol groups is 1. The zero-order valence-electron chi connectivity index (χ0n) is 6.54. The highest BCUT2D eigenvalue weighted by Crippen LogP contribution is 2.19. The molecule has 0 bridgehead atoms. The van der Waals surface area contributed by atoms with E-state index in [2.05, 4.69) is 44.7 Å². The second-order valence-corrected chi connectivity index (χ2v) is 3.68. The molecule has 0 spiro atoms. The minimum Gasteiger partial charge on any atom is -0.171 e. The maximum absolute atomic E-state index is 4.34. The normalized spacial score (nSPS) is 25.2. The Hall–Kier alpha value is -0.170. The highest BCUT2D eigenvalue weighted by Gasteiger charge is 2.05. The summed E-state index contributed by atoms with van der Waals surface area (Å²) < 4.78 is 0. The molecule has 0 aliphatic heterocycles. The second-order valence-electron chi connectivity index (χ2n) is 3.02. The molecule has 1 unspecified atom stereocenters. The molecular weight excluding hydrogens is 140 g/mol. The van der Waals surface area contributed by atoms with Gasteiger partial charge in [-0.05, 0) is 17.9 Å². The van der Waals surface area contributed by atoms with Gasteiger partial charge in [0.2, 0.25) is 0 Å². The Balaban J connectivity index is 2.59. The van der Waals surface area contributed by atoms with Crippen LogP contribution in [0.4, 0.5) is 0 Å². The maximum atomic E-state index is 4.34. The topological polar surface area (TPSA) is 0 Å². The van der Waals surface area contributed by atoms with Crippen LogP contribution in [-0.2, 0) is 0 Å². The zero-order valence-corrected chi connectivity index (χ0v) is 7.44. The number of hydrogen-bond acceptors (Lipinski definition) is 1. The molecule has 1 heteroatoms. The van der Waals surface area contributed by atoms with E-state index in [1.54, 1.807) is 0 Å². The Morgan fingerprint density at radius 1 is 1.60 bits per heavy atom. The smallest absolute Gasteiger partial charge is 0.0234 e. The van der Waals surface area contributed by atoms with Crippen LogP contribution in [0.25, 0.3) is 0 Å². The largest absolute Gasteiger partial charge is 0.171 e. The molecule has 0 fully saturated rings. The molecular formula is C9H14S. The van der Waals surface area contributed by atoms with Gasteiger partial charge in [-0.3, -0.25) is 0 Å². The predicted molar refractivity (Wildman–Crippen MR) is 49.5 cm³/mol. The van der Waals surface area contributed by atoms with Gasteiger partial charge in [0.05, 0.1) is 0 Å². The van der Waals surface area contributed by atoms with Crippen molar-refractivity contribution in [3.8, 4) is 0 Å². The van der Waals surface area contributed by atoms with E-state index in [1.807, 2.05) is 0 Å². The molecule has 0 saturated heterocycles. The van der Waals surface area contributed by atoms with Crippen molar-refractivity contribution in [1.82, 2.24) is 0 Å². The first-order chi connectivity index (χ1) is 4.70. The molecule has 0 amide bonds. The molecule has 0 aromatic carbocycles. The Bertz CT molecular complexity index is 166. The van der Waals surface area contributed by atoms with Gasteiger partial charge >= 0.3 is 0 Å². The Morgan fingerprint density at radius 3 is 2.70 bits per heavy atom. The van der Waals surface area contributed by atoms with E-state index in [9.17, 15) is 0 Å². The van der Waals surface area contributed by atoms with Crippen LogP contribution in [0.15, 0.2) is 23.8 Å². The van der Waals surface area contributed by atoms with E-state index >= 15 is 0 Å². The van der Waals surface area contributed by atoms with Gasteiger partial charge in [0, 0.05) is 5.25 Å². The molecule has 0 heterocycles. The average molecular weight is 154 g/mol. The molecule has 1 aliphatic rings. The standard InChI is InChI=1S/C9H14S/c1-7(2)8-3-5-9(10)6-4-8/h3-5,7,9-10H,6H2,1-2H3. The molecule has 0 aromatic heterocycles. The monoisotopic (exact) mass is 154 g/mol. The summed E-state index contributed by atoms with van der Waals surface area (Å²) in [5.41, 5.74) is 1.45. The fraction of sp³-hybridized carbons (Fsp3) is 0.556. The summed E-state index contributed by atoms with van der Waals surface area (Å²) in [5.74, 6) is 0.664. The van der Waals surface area contributed by atoms with Crippen molar-refractivity contribution in [2.75, 3.05) is 0 Å². The van der Waals surface area contributed by atoms with Crippen molar-refractivity contribution in [1.29, 1.82) is 0 Å². The summed E-state index contributed by atoms with van der Waals surface area (Å²) in [4.78, 5) is 0. The van der Waals surface area contributed by atoms with E-state index in [-0.39, 0.29) is 0 Å². The number of allylic oxidation sites excluding steroid dienone is 3. The minimum absolute atomic E-state index is 0.447. The quantitative estimate of drug-likeness (QED) is 0.552.